The number of unbranched alkanes of at least 4 members (excludes halogenated alkanes) is 19. The van der Waals surface area contributed by atoms with E-state index in [1.807, 2.05) is 0 Å². The molecule has 2 aromatic heterocycles. The van der Waals surface area contributed by atoms with Crippen molar-refractivity contribution < 1.29 is 34.8 Å². The zero-order valence-electron chi connectivity index (χ0n) is 28.8. The second kappa shape index (κ2) is 35.1. The average Bonchev–Trinajstić information content (AvgIpc) is 3.77. The zero-order valence-corrected chi connectivity index (χ0v) is 30.5. The van der Waals surface area contributed by atoms with Gasteiger partial charge in [-0.1, -0.05) is 135 Å². The Hall–Kier alpha value is -3.21. The van der Waals surface area contributed by atoms with Gasteiger partial charge in [-0.3, -0.25) is 0 Å². The van der Waals surface area contributed by atoms with E-state index < -0.39 is 24.0 Å². The van der Waals surface area contributed by atoms with Gasteiger partial charge in [0.25, 0.3) is 0 Å². The molecule has 0 fully saturated rings. The number of hydrogen-bond donors (Lipinski definition) is 4. The van der Waals surface area contributed by atoms with Gasteiger partial charge in [-0.2, -0.15) is 0 Å². The van der Waals surface area contributed by atoms with E-state index in [1.54, 1.807) is 12.4 Å². The number of aliphatic carboxylic acids is 3. The van der Waals surface area contributed by atoms with Gasteiger partial charge >= 0.3 is 23.0 Å². The van der Waals surface area contributed by atoms with Gasteiger partial charge in [0.1, 0.15) is 0 Å². The number of hydrogen-bond acceptors (Lipinski definition) is 8. The number of nitrogens with one attached hydrogen (secondary N) is 2. The normalized spacial score (nSPS) is 11.3. The molecule has 0 saturated heterocycles. The maximum atomic E-state index is 10.5. The second-order valence-electron chi connectivity index (χ2n) is 11.7. The Morgan fingerprint density at radius 3 is 1.21 bits per heavy atom. The fourth-order valence-electron chi connectivity index (χ4n) is 4.75. The molecular formula is C36H58N4O7Se. The van der Waals surface area contributed by atoms with E-state index in [1.165, 1.54) is 140 Å². The molecule has 12 heteroatoms. The number of carboxylic acid groups (broad SMARTS) is 3. The summed E-state index contributed by atoms with van der Waals surface area (Å²) in [7, 11) is 0. The van der Waals surface area contributed by atoms with E-state index in [9.17, 15) is 29.7 Å². The monoisotopic (exact) mass is 738 g/mol. The molecule has 11 nitrogen and oxygen atoms in total. The van der Waals surface area contributed by atoms with Crippen LogP contribution in [0.3, 0.4) is 0 Å². The summed E-state index contributed by atoms with van der Waals surface area (Å²) in [6, 6.07) is 0. The van der Waals surface area contributed by atoms with Crippen molar-refractivity contribution in [3.63, 3.8) is 0 Å². The van der Waals surface area contributed by atoms with E-state index in [-0.39, 0.29) is 17.1 Å². The zero-order chi connectivity index (χ0) is 34.8. The van der Waals surface area contributed by atoms with E-state index in [2.05, 4.69) is 26.9 Å². The number of aromatic nitrogens is 4. The molecule has 0 aromatic carbocycles. The molecule has 48 heavy (non-hydrogen) atoms. The Kier molecular flexibility index (Phi) is 34.3. The Morgan fingerprint density at radius 1 is 0.646 bits per heavy atom. The number of H-pyrrole nitrogens is 2. The van der Waals surface area contributed by atoms with Gasteiger partial charge in [-0.15, -0.1) is 0 Å². The average molecular weight is 738 g/mol. The van der Waals surface area contributed by atoms with Crippen LogP contribution in [-0.4, -0.2) is 71.2 Å². The standard InChI is InChI=1S/C24H48O3.2C6H6N2O2.Se/c1-2-3-4-5-6-7-8-9-10-11-12-13-14-15-16-17-18-19-20-21-22-23(25)24(26)27;2*9-6(10)2-1-5-3-7-4-8-5;/h23,25H,2-22H2,1H3,(H,26,27);2*1-4H,(H,7,8)(H,9,10);/q;;;+2/p-2. The fourth-order valence-corrected chi connectivity index (χ4v) is 4.75. The van der Waals surface area contributed by atoms with Crippen LogP contribution >= 0.6 is 0 Å². The van der Waals surface area contributed by atoms with Crippen LogP contribution in [0.5, 0.6) is 0 Å². The van der Waals surface area contributed by atoms with Crippen molar-refractivity contribution in [1.82, 2.24) is 19.9 Å². The first-order valence-electron chi connectivity index (χ1n) is 17.4. The molecule has 2 aromatic rings. The van der Waals surface area contributed by atoms with Crippen LogP contribution in [0.1, 0.15) is 153 Å². The van der Waals surface area contributed by atoms with Crippen molar-refractivity contribution in [3.8, 4) is 0 Å². The van der Waals surface area contributed by atoms with Crippen molar-refractivity contribution in [2.75, 3.05) is 0 Å². The quantitative estimate of drug-likeness (QED) is 0.0539. The summed E-state index contributed by atoms with van der Waals surface area (Å²) < 4.78 is 0. The first kappa shape index (κ1) is 46.9. The topological polar surface area (TPSA) is 195 Å². The van der Waals surface area contributed by atoms with Crippen LogP contribution in [0.15, 0.2) is 37.2 Å². The fraction of sp³-hybridized carbons (Fsp3) is 0.639. The van der Waals surface area contributed by atoms with Crippen LogP contribution in [-0.2, 0) is 14.4 Å². The Balaban J connectivity index is 0. The molecule has 0 bridgehead atoms. The number of carbonyl (C=O) groups excluding carboxylic acids is 2. The first-order valence-corrected chi connectivity index (χ1v) is 17.4. The molecule has 2 heterocycles. The van der Waals surface area contributed by atoms with Crippen LogP contribution in [0.25, 0.3) is 12.2 Å². The summed E-state index contributed by atoms with van der Waals surface area (Å²) in [6.07, 6.45) is 36.7. The van der Waals surface area contributed by atoms with Gasteiger partial charge in [0.05, 0.1) is 36.0 Å². The molecule has 2 rings (SSSR count). The number of aliphatic hydroxyl groups is 1. The van der Waals surface area contributed by atoms with Crippen LogP contribution in [0.2, 0.25) is 0 Å². The third-order valence-electron chi connectivity index (χ3n) is 7.44. The largest absolute Gasteiger partial charge is 2.00 e. The summed E-state index contributed by atoms with van der Waals surface area (Å²) in [6.45, 7) is 2.28. The van der Waals surface area contributed by atoms with Crippen molar-refractivity contribution in [2.24, 2.45) is 0 Å². The van der Waals surface area contributed by atoms with E-state index in [4.69, 9.17) is 5.11 Å². The van der Waals surface area contributed by atoms with Gasteiger partial charge in [0, 0.05) is 12.4 Å². The van der Waals surface area contributed by atoms with Crippen molar-refractivity contribution in [2.45, 2.75) is 148 Å². The Bertz CT molecular complexity index is 1010. The Labute approximate surface area is 297 Å². The maximum Gasteiger partial charge on any atom is 2.00 e. The first-order chi connectivity index (χ1) is 22.8. The van der Waals surface area contributed by atoms with E-state index >= 15 is 0 Å². The second-order valence-corrected chi connectivity index (χ2v) is 11.7. The number of rotatable bonds is 26. The molecule has 1 unspecified atom stereocenters. The van der Waals surface area contributed by atoms with Gasteiger partial charge in [-0.25, -0.2) is 14.8 Å². The molecule has 0 spiro atoms. The Morgan fingerprint density at radius 2 is 0.958 bits per heavy atom. The predicted octanol–water partition coefficient (Wildman–Crippen LogP) is 5.61. The number of imidazole rings is 2. The summed E-state index contributed by atoms with van der Waals surface area (Å²) in [4.78, 5) is 43.1. The minimum absolute atomic E-state index is 0. The maximum absolute atomic E-state index is 10.5. The molecule has 270 valence electrons. The van der Waals surface area contributed by atoms with Crippen molar-refractivity contribution in [1.29, 1.82) is 0 Å². The van der Waals surface area contributed by atoms with Gasteiger partial charge in [-0.05, 0) is 30.7 Å². The third-order valence-corrected chi connectivity index (χ3v) is 7.44. The number of aliphatic hydroxyl groups excluding tert-OH is 1. The number of aromatic amines is 2. The molecule has 0 amide bonds. The van der Waals surface area contributed by atoms with Gasteiger partial charge in [0.15, 0.2) is 6.10 Å². The summed E-state index contributed by atoms with van der Waals surface area (Å²) in [5.41, 5.74) is 1.15. The summed E-state index contributed by atoms with van der Waals surface area (Å²) in [5.74, 6) is -3.53. The number of nitrogens with zero attached hydrogens (tertiary/aromatic N) is 2. The van der Waals surface area contributed by atoms with Crippen LogP contribution < -0.4 is 10.2 Å². The summed E-state index contributed by atoms with van der Waals surface area (Å²) >= 11 is 0. The smallest absolute Gasteiger partial charge is 0.545 e. The molecule has 4 N–H and O–H groups in total. The predicted molar refractivity (Wildman–Crippen MR) is 187 cm³/mol. The van der Waals surface area contributed by atoms with Crippen molar-refractivity contribution in [3.05, 3.63) is 48.6 Å². The van der Waals surface area contributed by atoms with Gasteiger partial charge in [0.2, 0.25) is 0 Å². The molecule has 1 atom stereocenters. The molecule has 0 saturated carbocycles. The van der Waals surface area contributed by atoms with Gasteiger partial charge < -0.3 is 40.0 Å². The van der Waals surface area contributed by atoms with E-state index in [0.717, 1.165) is 25.0 Å². The molecular weight excluding hydrogens is 679 g/mol. The molecule has 0 aliphatic carbocycles. The molecule has 0 aliphatic rings. The van der Waals surface area contributed by atoms with E-state index in [0.29, 0.717) is 17.8 Å². The van der Waals surface area contributed by atoms with Crippen LogP contribution in [0, 0.1) is 0 Å². The molecule has 4 radical (unpaired) electrons. The minimum Gasteiger partial charge on any atom is -0.545 e. The third kappa shape index (κ3) is 34.1. The number of carboxylic acids is 3. The van der Waals surface area contributed by atoms with Crippen LogP contribution in [0.4, 0.5) is 0 Å². The summed E-state index contributed by atoms with van der Waals surface area (Å²) in [5, 5.41) is 37.5. The SMILES string of the molecule is CCCCCCCCCCCCCCCCCCCCCCC(O)C(=O)O.O=C([O-])C=Cc1c[nH]cn1.O=C([O-])C=Cc1c[nH]cn1.[Se+2]. The van der Waals surface area contributed by atoms with Crippen molar-refractivity contribution >= 4 is 47.1 Å². The molecule has 0 aliphatic heterocycles. The number of carbonyl (C=O) groups is 3. The minimum atomic E-state index is -1.22.